The molecule has 0 unspecified atom stereocenters. The third kappa shape index (κ3) is 13.1. The second-order valence-electron chi connectivity index (χ2n) is 3.24. The summed E-state index contributed by atoms with van der Waals surface area (Å²) in [5, 5.41) is 0. The fourth-order valence-electron chi connectivity index (χ4n) is 1.07. The fraction of sp³-hybridized carbons (Fsp3) is 1.00. The van der Waals surface area contributed by atoms with Gasteiger partial charge in [0.15, 0.2) is 0 Å². The third-order valence-electron chi connectivity index (χ3n) is 1.71. The van der Waals surface area contributed by atoms with Crippen LogP contribution in [-0.2, 0) is 18.7 Å². The van der Waals surface area contributed by atoms with Crippen molar-refractivity contribution in [1.29, 1.82) is 0 Å². The molecule has 0 aliphatic carbocycles. The molecule has 0 spiro atoms. The molecule has 2 N–H and O–H groups in total. The van der Waals surface area contributed by atoms with Crippen LogP contribution >= 0.6 is 7.82 Å². The number of phosphoric acid groups is 1. The zero-order valence-corrected chi connectivity index (χ0v) is 10.3. The van der Waals surface area contributed by atoms with Crippen LogP contribution in [0.5, 0.6) is 0 Å². The molecule has 0 saturated carbocycles. The molecule has 0 aromatic heterocycles. The van der Waals surface area contributed by atoms with Crippen molar-refractivity contribution in [3.63, 3.8) is 0 Å². The summed E-state index contributed by atoms with van der Waals surface area (Å²) in [6.07, 6.45) is 4.08. The number of rotatable bonds is 8. The first kappa shape index (κ1) is 19.4. The number of hydrogen-bond acceptors (Lipinski definition) is 4. The minimum atomic E-state index is -4.94. The van der Waals surface area contributed by atoms with Gasteiger partial charge in [-0.2, -0.15) is 12.4 Å². The second-order valence-corrected chi connectivity index (χ2v) is 6.34. The summed E-state index contributed by atoms with van der Waals surface area (Å²) < 4.78 is 35.9. The normalized spacial score (nSPS) is 12.2. The van der Waals surface area contributed by atoms with Crippen LogP contribution in [-0.4, -0.2) is 53.5 Å². The first-order valence-corrected chi connectivity index (χ1v) is 7.87. The minimum absolute atomic E-state index is 0. The summed E-state index contributed by atoms with van der Waals surface area (Å²) in [4.78, 5) is 16.6. The molecule has 0 fully saturated rings. The van der Waals surface area contributed by atoms with E-state index in [9.17, 15) is 13.0 Å². The zero-order valence-electron chi connectivity index (χ0n) is 8.63. The van der Waals surface area contributed by atoms with Crippen molar-refractivity contribution >= 4 is 47.5 Å². The van der Waals surface area contributed by atoms with Gasteiger partial charge in [0, 0.05) is 0 Å². The van der Waals surface area contributed by atoms with Crippen LogP contribution < -0.4 is 0 Å². The first-order chi connectivity index (χ1) is 6.77. The molecule has 0 aliphatic heterocycles. The standard InChI is InChI=1S/C7H17O6PS.Na.H/c1-2-3-4-5-6-7-15(11,12)13-14(8,9)10;;/h2-7H2,1H3,(H2,8,9,10);;. The molecule has 0 heterocycles. The van der Waals surface area contributed by atoms with E-state index in [4.69, 9.17) is 9.79 Å². The molecule has 0 rings (SSSR count). The predicted octanol–water partition coefficient (Wildman–Crippen LogP) is 0.747. The molecule has 0 aliphatic rings. The molecule has 0 saturated heterocycles. The molecule has 16 heavy (non-hydrogen) atoms. The molecular weight excluding hydrogens is 266 g/mol. The quantitative estimate of drug-likeness (QED) is 0.387. The van der Waals surface area contributed by atoms with Crippen LogP contribution in [0.15, 0.2) is 0 Å². The van der Waals surface area contributed by atoms with Crippen LogP contribution in [0.2, 0.25) is 0 Å². The van der Waals surface area contributed by atoms with Crippen molar-refractivity contribution in [1.82, 2.24) is 0 Å². The van der Waals surface area contributed by atoms with Gasteiger partial charge in [0.1, 0.15) is 0 Å². The van der Waals surface area contributed by atoms with Gasteiger partial charge in [-0.25, -0.2) is 4.57 Å². The molecule has 0 radical (unpaired) electrons. The molecule has 0 aromatic rings. The van der Waals surface area contributed by atoms with Crippen molar-refractivity contribution in [3.05, 3.63) is 0 Å². The Morgan fingerprint density at radius 2 is 1.62 bits per heavy atom. The van der Waals surface area contributed by atoms with Crippen molar-refractivity contribution in [2.75, 3.05) is 5.75 Å². The first-order valence-electron chi connectivity index (χ1n) is 4.76. The second kappa shape index (κ2) is 9.05. The van der Waals surface area contributed by atoms with Gasteiger partial charge in [0.25, 0.3) is 10.1 Å². The van der Waals surface area contributed by atoms with E-state index in [1.807, 2.05) is 6.92 Å². The summed E-state index contributed by atoms with van der Waals surface area (Å²) in [6, 6.07) is 0. The topological polar surface area (TPSA) is 101 Å². The van der Waals surface area contributed by atoms with E-state index in [0.29, 0.717) is 6.42 Å². The Kier molecular flexibility index (Phi) is 11.0. The Morgan fingerprint density at radius 1 is 1.12 bits per heavy atom. The Balaban J connectivity index is 0. The van der Waals surface area contributed by atoms with Gasteiger partial charge in [0.2, 0.25) is 0 Å². The Bertz CT molecular complexity index is 311. The maximum absolute atomic E-state index is 11.0. The van der Waals surface area contributed by atoms with Gasteiger partial charge >= 0.3 is 37.4 Å². The summed E-state index contributed by atoms with van der Waals surface area (Å²) in [6.45, 7) is 2.04. The summed E-state index contributed by atoms with van der Waals surface area (Å²) in [7, 11) is -9.03. The van der Waals surface area contributed by atoms with Gasteiger partial charge in [-0.05, 0) is 6.42 Å². The Labute approximate surface area is 118 Å². The van der Waals surface area contributed by atoms with Crippen LogP contribution in [0.25, 0.3) is 0 Å². The van der Waals surface area contributed by atoms with Crippen molar-refractivity contribution in [2.24, 2.45) is 0 Å². The summed E-state index contributed by atoms with van der Waals surface area (Å²) >= 11 is 0. The zero-order chi connectivity index (χ0) is 11.9. The molecule has 0 amide bonds. The maximum atomic E-state index is 11.0. The summed E-state index contributed by atoms with van der Waals surface area (Å²) in [5.41, 5.74) is 0. The molecule has 0 aromatic carbocycles. The number of hydrogen-bond donors (Lipinski definition) is 2. The monoisotopic (exact) mass is 284 g/mol. The number of unbranched alkanes of at least 4 members (excludes halogenated alkanes) is 4. The average Bonchev–Trinajstić information content (AvgIpc) is 1.99. The van der Waals surface area contributed by atoms with E-state index >= 15 is 0 Å². The molecule has 94 valence electrons. The van der Waals surface area contributed by atoms with E-state index in [-0.39, 0.29) is 35.3 Å². The van der Waals surface area contributed by atoms with Crippen molar-refractivity contribution in [3.8, 4) is 0 Å². The van der Waals surface area contributed by atoms with Gasteiger partial charge < -0.3 is 9.79 Å². The molecular formula is C7H18NaO6PS. The van der Waals surface area contributed by atoms with Gasteiger partial charge in [-0.3, -0.25) is 0 Å². The van der Waals surface area contributed by atoms with E-state index in [0.717, 1.165) is 25.7 Å². The SMILES string of the molecule is CCCCCCCS(=O)(=O)OP(=O)(O)O.[NaH]. The van der Waals surface area contributed by atoms with Crippen LogP contribution in [0.4, 0.5) is 0 Å². The molecule has 0 bridgehead atoms. The molecule has 9 heteroatoms. The Morgan fingerprint density at radius 3 is 2.06 bits per heavy atom. The fourth-order valence-corrected chi connectivity index (χ4v) is 3.11. The average molecular weight is 284 g/mol. The predicted molar refractivity (Wildman–Crippen MR) is 62.8 cm³/mol. The van der Waals surface area contributed by atoms with Crippen LogP contribution in [0, 0.1) is 0 Å². The van der Waals surface area contributed by atoms with E-state index in [2.05, 4.69) is 3.97 Å². The molecule has 0 atom stereocenters. The van der Waals surface area contributed by atoms with E-state index in [1.54, 1.807) is 0 Å². The van der Waals surface area contributed by atoms with Crippen LogP contribution in [0.3, 0.4) is 0 Å². The van der Waals surface area contributed by atoms with Crippen molar-refractivity contribution < 1.29 is 26.7 Å². The molecule has 6 nitrogen and oxygen atoms in total. The van der Waals surface area contributed by atoms with Gasteiger partial charge in [0.05, 0.1) is 5.75 Å². The summed E-state index contributed by atoms with van der Waals surface area (Å²) in [5.74, 6) is -0.345. The van der Waals surface area contributed by atoms with Gasteiger partial charge in [-0.1, -0.05) is 32.6 Å². The van der Waals surface area contributed by atoms with Crippen molar-refractivity contribution in [2.45, 2.75) is 39.0 Å². The van der Waals surface area contributed by atoms with Crippen LogP contribution in [0.1, 0.15) is 39.0 Å². The van der Waals surface area contributed by atoms with Gasteiger partial charge in [-0.15, -0.1) is 0 Å². The Hall–Kier alpha value is 1.06. The van der Waals surface area contributed by atoms with E-state index < -0.39 is 17.9 Å². The van der Waals surface area contributed by atoms with E-state index in [1.165, 1.54) is 0 Å². The third-order valence-corrected chi connectivity index (χ3v) is 4.18.